The maximum atomic E-state index is 13.3. The van der Waals surface area contributed by atoms with Crippen LogP contribution in [0.3, 0.4) is 0 Å². The molecule has 0 atom stereocenters. The number of benzene rings is 2. The normalized spacial score (nSPS) is 16.3. The van der Waals surface area contributed by atoms with Crippen LogP contribution in [0.4, 0.5) is 11.4 Å². The Balaban J connectivity index is 1.74. The van der Waals surface area contributed by atoms with Crippen LogP contribution in [0.1, 0.15) is 26.7 Å². The van der Waals surface area contributed by atoms with Crippen molar-refractivity contribution in [3.05, 3.63) is 36.4 Å². The summed E-state index contributed by atoms with van der Waals surface area (Å²) in [7, 11) is -7.77. The van der Waals surface area contributed by atoms with Gasteiger partial charge in [0, 0.05) is 32.2 Å². The van der Waals surface area contributed by atoms with Crippen LogP contribution in [0.25, 0.3) is 0 Å². The molecule has 2 heterocycles. The summed E-state index contributed by atoms with van der Waals surface area (Å²) in [5, 5.41) is 0. The zero-order valence-electron chi connectivity index (χ0n) is 18.8. The van der Waals surface area contributed by atoms with Crippen molar-refractivity contribution in [1.29, 1.82) is 0 Å². The van der Waals surface area contributed by atoms with Gasteiger partial charge in [-0.3, -0.25) is 4.72 Å². The molecule has 0 spiro atoms. The van der Waals surface area contributed by atoms with Gasteiger partial charge in [0.15, 0.2) is 11.5 Å². The molecule has 2 aliphatic rings. The number of anilines is 2. The number of sulfonamides is 2. The van der Waals surface area contributed by atoms with Crippen LogP contribution < -0.4 is 19.1 Å². The Morgan fingerprint density at radius 3 is 2.18 bits per heavy atom. The molecule has 0 bridgehead atoms. The van der Waals surface area contributed by atoms with E-state index in [2.05, 4.69) is 9.62 Å². The lowest BCUT2D eigenvalue weighted by atomic mass is 10.2. The molecule has 2 aromatic carbocycles. The monoisotopic (exact) mass is 495 g/mol. The second kappa shape index (κ2) is 9.40. The van der Waals surface area contributed by atoms with Gasteiger partial charge in [-0.1, -0.05) is 13.8 Å². The van der Waals surface area contributed by atoms with Gasteiger partial charge in [0.1, 0.15) is 13.2 Å². The van der Waals surface area contributed by atoms with Gasteiger partial charge in [0.05, 0.1) is 21.2 Å². The largest absolute Gasteiger partial charge is 0.486 e. The predicted molar refractivity (Wildman–Crippen MR) is 126 cm³/mol. The minimum absolute atomic E-state index is 0.0103. The van der Waals surface area contributed by atoms with E-state index in [1.54, 1.807) is 32.0 Å². The van der Waals surface area contributed by atoms with E-state index in [-0.39, 0.29) is 15.5 Å². The van der Waals surface area contributed by atoms with Gasteiger partial charge < -0.3 is 14.4 Å². The minimum Gasteiger partial charge on any atom is -0.486 e. The zero-order valence-corrected chi connectivity index (χ0v) is 20.4. The van der Waals surface area contributed by atoms with Crippen molar-refractivity contribution in [1.82, 2.24) is 4.31 Å². The van der Waals surface area contributed by atoms with E-state index in [9.17, 15) is 16.8 Å². The quantitative estimate of drug-likeness (QED) is 0.600. The zero-order chi connectivity index (χ0) is 23.6. The molecule has 180 valence electrons. The van der Waals surface area contributed by atoms with E-state index in [0.717, 1.165) is 25.9 Å². The number of hydrogen-bond acceptors (Lipinski definition) is 7. The standard InChI is InChI=1S/C22H29N3O6S2/c1-3-25(4-2)33(28,29)18-7-9-20(24-11-5-6-12-24)19(15-18)23-32(26,27)17-8-10-21-22(16-17)31-14-13-30-21/h7-10,15-16,23H,3-6,11-14H2,1-2H3. The van der Waals surface area contributed by atoms with Gasteiger partial charge in [-0.25, -0.2) is 16.8 Å². The van der Waals surface area contributed by atoms with Crippen molar-refractivity contribution in [2.24, 2.45) is 0 Å². The van der Waals surface area contributed by atoms with Crippen LogP contribution in [0.5, 0.6) is 11.5 Å². The van der Waals surface area contributed by atoms with E-state index in [1.165, 1.54) is 22.5 Å². The number of nitrogens with one attached hydrogen (secondary N) is 1. The van der Waals surface area contributed by atoms with E-state index >= 15 is 0 Å². The minimum atomic E-state index is -4.01. The third-order valence-corrected chi connectivity index (χ3v) is 9.24. The molecular weight excluding hydrogens is 466 g/mol. The summed E-state index contributed by atoms with van der Waals surface area (Å²) in [6.07, 6.45) is 1.99. The van der Waals surface area contributed by atoms with E-state index < -0.39 is 20.0 Å². The van der Waals surface area contributed by atoms with Crippen molar-refractivity contribution in [3.8, 4) is 11.5 Å². The van der Waals surface area contributed by atoms with E-state index in [0.29, 0.717) is 43.5 Å². The summed E-state index contributed by atoms with van der Waals surface area (Å²) in [4.78, 5) is 2.13. The number of hydrogen-bond donors (Lipinski definition) is 1. The lowest BCUT2D eigenvalue weighted by Gasteiger charge is -2.24. The van der Waals surface area contributed by atoms with Gasteiger partial charge >= 0.3 is 0 Å². The molecule has 33 heavy (non-hydrogen) atoms. The van der Waals surface area contributed by atoms with Gasteiger partial charge in [0.25, 0.3) is 10.0 Å². The number of ether oxygens (including phenoxy) is 2. The van der Waals surface area contributed by atoms with Crippen LogP contribution in [0, 0.1) is 0 Å². The molecule has 2 aliphatic heterocycles. The fourth-order valence-corrected chi connectivity index (χ4v) is 6.66. The van der Waals surface area contributed by atoms with Crippen molar-refractivity contribution < 1.29 is 26.3 Å². The molecule has 4 rings (SSSR count). The van der Waals surface area contributed by atoms with Gasteiger partial charge in [0.2, 0.25) is 10.0 Å². The van der Waals surface area contributed by atoms with Gasteiger partial charge in [-0.2, -0.15) is 4.31 Å². The molecule has 0 aliphatic carbocycles. The molecule has 11 heteroatoms. The Morgan fingerprint density at radius 1 is 0.879 bits per heavy atom. The summed E-state index contributed by atoms with van der Waals surface area (Å²) in [5.41, 5.74) is 0.895. The number of fused-ring (bicyclic) bond motifs is 1. The average molecular weight is 496 g/mol. The van der Waals surface area contributed by atoms with Crippen molar-refractivity contribution in [3.63, 3.8) is 0 Å². The van der Waals surface area contributed by atoms with Gasteiger partial charge in [-0.05, 0) is 43.2 Å². The first-order valence-electron chi connectivity index (χ1n) is 11.1. The molecule has 0 saturated carbocycles. The second-order valence-corrected chi connectivity index (χ2v) is 11.5. The summed E-state index contributed by atoms with van der Waals surface area (Å²) in [6.45, 7) is 6.49. The maximum absolute atomic E-state index is 13.3. The Hall–Kier alpha value is -2.50. The summed E-state index contributed by atoms with van der Waals surface area (Å²) in [5.74, 6) is 0.854. The predicted octanol–water partition coefficient (Wildman–Crippen LogP) is 2.89. The summed E-state index contributed by atoms with van der Waals surface area (Å²) in [6, 6.07) is 9.07. The molecule has 0 aromatic heterocycles. The highest BCUT2D eigenvalue weighted by atomic mass is 32.2. The molecular formula is C22H29N3O6S2. The molecule has 0 amide bonds. The lowest BCUT2D eigenvalue weighted by Crippen LogP contribution is -2.31. The van der Waals surface area contributed by atoms with E-state index in [4.69, 9.17) is 9.47 Å². The van der Waals surface area contributed by atoms with Crippen LogP contribution in [-0.4, -0.2) is 60.5 Å². The SMILES string of the molecule is CCN(CC)S(=O)(=O)c1ccc(N2CCCC2)c(NS(=O)(=O)c2ccc3c(c2)OCCO3)c1. The van der Waals surface area contributed by atoms with Crippen molar-refractivity contribution >= 4 is 31.4 Å². The highest BCUT2D eigenvalue weighted by Crippen LogP contribution is 2.36. The topological polar surface area (TPSA) is 105 Å². The summed E-state index contributed by atoms with van der Waals surface area (Å²) >= 11 is 0. The van der Waals surface area contributed by atoms with Crippen LogP contribution in [-0.2, 0) is 20.0 Å². The average Bonchev–Trinajstić information content (AvgIpc) is 3.34. The molecule has 0 unspecified atom stereocenters. The highest BCUT2D eigenvalue weighted by molar-refractivity contribution is 7.92. The van der Waals surface area contributed by atoms with Crippen LogP contribution in [0.15, 0.2) is 46.2 Å². The smallest absolute Gasteiger partial charge is 0.262 e. The fraction of sp³-hybridized carbons (Fsp3) is 0.455. The summed E-state index contributed by atoms with van der Waals surface area (Å²) < 4.78 is 67.7. The molecule has 1 N–H and O–H groups in total. The van der Waals surface area contributed by atoms with Gasteiger partial charge in [-0.15, -0.1) is 0 Å². The first kappa shape index (κ1) is 23.7. The molecule has 1 saturated heterocycles. The first-order chi connectivity index (χ1) is 15.8. The van der Waals surface area contributed by atoms with Crippen LogP contribution in [0.2, 0.25) is 0 Å². The van der Waals surface area contributed by atoms with Crippen molar-refractivity contribution in [2.45, 2.75) is 36.5 Å². The Bertz CT molecular complexity index is 1220. The van der Waals surface area contributed by atoms with Crippen LogP contribution >= 0.6 is 0 Å². The third kappa shape index (κ3) is 4.75. The molecule has 2 aromatic rings. The van der Waals surface area contributed by atoms with E-state index in [1.807, 2.05) is 0 Å². The molecule has 0 radical (unpaired) electrons. The Labute approximate surface area is 195 Å². The van der Waals surface area contributed by atoms with Crippen molar-refractivity contribution in [2.75, 3.05) is 49.0 Å². The maximum Gasteiger partial charge on any atom is 0.262 e. The molecule has 1 fully saturated rings. The third-order valence-electron chi connectivity index (χ3n) is 5.83. The second-order valence-electron chi connectivity index (χ2n) is 7.87. The molecule has 9 nitrogen and oxygen atoms in total. The first-order valence-corrected chi connectivity index (χ1v) is 14.0. The Kier molecular flexibility index (Phi) is 6.73. The number of rotatable bonds is 8. The Morgan fingerprint density at radius 2 is 1.52 bits per heavy atom. The number of nitrogens with zero attached hydrogens (tertiary/aromatic N) is 2. The lowest BCUT2D eigenvalue weighted by molar-refractivity contribution is 0.171. The fourth-order valence-electron chi connectivity index (χ4n) is 4.10. The highest BCUT2D eigenvalue weighted by Gasteiger charge is 2.27.